The van der Waals surface area contributed by atoms with Crippen LogP contribution in [-0.4, -0.2) is 14.1 Å². The predicted molar refractivity (Wildman–Crippen MR) is 202 cm³/mol. The van der Waals surface area contributed by atoms with Crippen molar-refractivity contribution >= 4 is 80.9 Å². The number of nitriles is 1. The second-order valence-corrected chi connectivity index (χ2v) is 13.4. The Morgan fingerprint density at radius 1 is 0.571 bits per heavy atom. The average molecular weight is 642 g/mol. The summed E-state index contributed by atoms with van der Waals surface area (Å²) in [5, 5.41) is 16.5. The molecule has 0 N–H and O–H groups in total. The molecule has 0 atom stereocenters. The van der Waals surface area contributed by atoms with Crippen LogP contribution in [0.2, 0.25) is 0 Å². The fourth-order valence-electron chi connectivity index (χ4n) is 7.42. The van der Waals surface area contributed by atoms with Crippen molar-refractivity contribution in [3.05, 3.63) is 157 Å². The van der Waals surface area contributed by atoms with E-state index in [1.54, 1.807) is 0 Å². The number of benzene rings is 6. The van der Waals surface area contributed by atoms with Crippen molar-refractivity contribution in [2.45, 2.75) is 0 Å². The summed E-state index contributed by atoms with van der Waals surface area (Å²) in [6, 6.07) is 48.3. The fourth-order valence-corrected chi connectivity index (χ4v) is 8.54. The molecule has 0 fully saturated rings. The molecule has 6 aromatic carbocycles. The van der Waals surface area contributed by atoms with Crippen LogP contribution >= 0.6 is 11.3 Å². The van der Waals surface area contributed by atoms with Crippen molar-refractivity contribution in [2.24, 2.45) is 0 Å². The zero-order valence-electron chi connectivity index (χ0n) is 25.9. The van der Waals surface area contributed by atoms with Gasteiger partial charge in [-0.05, 0) is 96.1 Å². The van der Waals surface area contributed by atoms with Gasteiger partial charge in [0.15, 0.2) is 5.69 Å². The van der Waals surface area contributed by atoms with E-state index in [0.29, 0.717) is 11.3 Å². The first-order valence-corrected chi connectivity index (χ1v) is 16.8. The molecule has 0 saturated carbocycles. The van der Waals surface area contributed by atoms with Crippen LogP contribution in [-0.2, 0) is 0 Å². The van der Waals surface area contributed by atoms with Crippen molar-refractivity contribution in [1.29, 1.82) is 5.26 Å². The monoisotopic (exact) mass is 641 g/mol. The standard InChI is InChI=1S/C43H23N5S/c1-45-29-19-28(21-31(22-29)47-38-13-4-2-10-32(38)35-18-26(25-44)15-16-39(35)47)27-8-6-9-30(20-27)48-40-24-42-37(33-11-3-5-14-41(33)49-42)23-36(40)34-12-7-17-46-43(34)48/h2-24H. The van der Waals surface area contributed by atoms with Gasteiger partial charge in [0, 0.05) is 59.3 Å². The summed E-state index contributed by atoms with van der Waals surface area (Å²) in [4.78, 5) is 8.78. The molecular formula is C43H23N5S. The maximum absolute atomic E-state index is 9.61. The SMILES string of the molecule is [C-]#[N+]c1cc(-c2cccc(-n3c4cc5sc6ccccc6c5cc4c4cccnc43)c2)cc(-n2c3ccccc3c3cc(C#N)ccc32)c1. The number of rotatable bonds is 3. The highest BCUT2D eigenvalue weighted by Gasteiger charge is 2.18. The Morgan fingerprint density at radius 3 is 2.27 bits per heavy atom. The molecule has 0 spiro atoms. The van der Waals surface area contributed by atoms with Gasteiger partial charge in [0.05, 0.1) is 34.8 Å². The molecule has 49 heavy (non-hydrogen) atoms. The van der Waals surface area contributed by atoms with Gasteiger partial charge in [0.1, 0.15) is 5.65 Å². The lowest BCUT2D eigenvalue weighted by molar-refractivity contribution is 1.14. The maximum atomic E-state index is 9.61. The van der Waals surface area contributed by atoms with Crippen LogP contribution in [0, 0.1) is 17.9 Å². The molecule has 4 heterocycles. The van der Waals surface area contributed by atoms with Crippen LogP contribution in [0.1, 0.15) is 5.56 Å². The van der Waals surface area contributed by atoms with Crippen molar-refractivity contribution in [3.8, 4) is 28.6 Å². The quantitative estimate of drug-likeness (QED) is 0.180. The lowest BCUT2D eigenvalue weighted by Crippen LogP contribution is -1.97. The first-order chi connectivity index (χ1) is 24.2. The number of hydrogen-bond acceptors (Lipinski definition) is 3. The molecule has 0 unspecified atom stereocenters. The molecule has 226 valence electrons. The molecule has 0 aliphatic heterocycles. The van der Waals surface area contributed by atoms with Gasteiger partial charge in [-0.25, -0.2) is 9.83 Å². The molecule has 4 aromatic heterocycles. The third-order valence-corrected chi connectivity index (χ3v) is 10.7. The normalized spacial score (nSPS) is 11.6. The Balaban J connectivity index is 1.19. The summed E-state index contributed by atoms with van der Waals surface area (Å²) in [5.41, 5.74) is 9.08. The smallest absolute Gasteiger partial charge is 0.189 e. The first-order valence-electron chi connectivity index (χ1n) is 16.0. The van der Waals surface area contributed by atoms with Crippen molar-refractivity contribution < 1.29 is 0 Å². The highest BCUT2D eigenvalue weighted by molar-refractivity contribution is 7.25. The van der Waals surface area contributed by atoms with Gasteiger partial charge in [-0.2, -0.15) is 5.26 Å². The lowest BCUT2D eigenvalue weighted by atomic mass is 10.0. The van der Waals surface area contributed by atoms with Crippen molar-refractivity contribution in [3.63, 3.8) is 0 Å². The van der Waals surface area contributed by atoms with Crippen LogP contribution in [0.15, 0.2) is 140 Å². The van der Waals surface area contributed by atoms with Gasteiger partial charge in [-0.1, -0.05) is 48.5 Å². The summed E-state index contributed by atoms with van der Waals surface area (Å²) >= 11 is 1.82. The molecular weight excluding hydrogens is 619 g/mol. The van der Waals surface area contributed by atoms with E-state index in [0.717, 1.165) is 60.9 Å². The third-order valence-electron chi connectivity index (χ3n) is 9.55. The van der Waals surface area contributed by atoms with Gasteiger partial charge in [0.25, 0.3) is 0 Å². The number of pyridine rings is 1. The number of nitrogens with zero attached hydrogens (tertiary/aromatic N) is 5. The molecule has 0 aliphatic rings. The molecule has 0 amide bonds. The zero-order valence-corrected chi connectivity index (χ0v) is 26.7. The summed E-state index contributed by atoms with van der Waals surface area (Å²) in [7, 11) is 0. The number of hydrogen-bond donors (Lipinski definition) is 0. The van der Waals surface area contributed by atoms with Crippen LogP contribution < -0.4 is 0 Å². The van der Waals surface area contributed by atoms with Gasteiger partial charge < -0.3 is 4.57 Å². The van der Waals surface area contributed by atoms with Crippen LogP contribution in [0.25, 0.3) is 91.3 Å². The largest absolute Gasteiger partial charge is 0.310 e. The maximum Gasteiger partial charge on any atom is 0.189 e. The molecule has 6 heteroatoms. The van der Waals surface area contributed by atoms with E-state index in [9.17, 15) is 5.26 Å². The minimum atomic E-state index is 0.558. The summed E-state index contributed by atoms with van der Waals surface area (Å²) in [6.07, 6.45) is 1.86. The van der Waals surface area contributed by atoms with Gasteiger partial charge in [0.2, 0.25) is 0 Å². The molecule has 10 rings (SSSR count). The van der Waals surface area contributed by atoms with E-state index in [1.807, 2.05) is 66.1 Å². The van der Waals surface area contributed by atoms with E-state index < -0.39 is 0 Å². The molecule has 0 saturated heterocycles. The number of fused-ring (bicyclic) bond motifs is 9. The van der Waals surface area contributed by atoms with E-state index in [1.165, 1.54) is 25.6 Å². The highest BCUT2D eigenvalue weighted by atomic mass is 32.1. The number of aromatic nitrogens is 3. The Hall–Kier alpha value is -6.73. The summed E-state index contributed by atoms with van der Waals surface area (Å²) < 4.78 is 6.99. The Labute approximate surface area is 284 Å². The minimum Gasteiger partial charge on any atom is -0.310 e. The van der Waals surface area contributed by atoms with Gasteiger partial charge >= 0.3 is 0 Å². The number of thiophene rings is 1. The molecule has 0 bridgehead atoms. The van der Waals surface area contributed by atoms with Crippen molar-refractivity contribution in [2.75, 3.05) is 0 Å². The minimum absolute atomic E-state index is 0.558. The van der Waals surface area contributed by atoms with Crippen molar-refractivity contribution in [1.82, 2.24) is 14.1 Å². The van der Waals surface area contributed by atoms with Crippen LogP contribution in [0.5, 0.6) is 0 Å². The van der Waals surface area contributed by atoms with E-state index in [4.69, 9.17) is 11.6 Å². The number of para-hydroxylation sites is 1. The molecule has 5 nitrogen and oxygen atoms in total. The summed E-state index contributed by atoms with van der Waals surface area (Å²) in [5.74, 6) is 0. The van der Waals surface area contributed by atoms with Crippen LogP contribution in [0.4, 0.5) is 5.69 Å². The highest BCUT2D eigenvalue weighted by Crippen LogP contribution is 2.41. The van der Waals surface area contributed by atoms with E-state index in [2.05, 4.69) is 105 Å². The van der Waals surface area contributed by atoms with Gasteiger partial charge in [-0.15, -0.1) is 11.3 Å². The van der Waals surface area contributed by atoms with Crippen LogP contribution in [0.3, 0.4) is 0 Å². The summed E-state index contributed by atoms with van der Waals surface area (Å²) in [6.45, 7) is 8.02. The average Bonchev–Trinajstić information content (AvgIpc) is 3.80. The zero-order chi connectivity index (χ0) is 32.6. The van der Waals surface area contributed by atoms with E-state index in [-0.39, 0.29) is 0 Å². The van der Waals surface area contributed by atoms with Gasteiger partial charge in [-0.3, -0.25) is 4.57 Å². The lowest BCUT2D eigenvalue weighted by Gasteiger charge is -2.13. The Kier molecular flexibility index (Phi) is 5.81. The molecule has 0 aliphatic carbocycles. The second kappa shape index (κ2) is 10.4. The predicted octanol–water partition coefficient (Wildman–Crippen LogP) is 11.7. The molecule has 0 radical (unpaired) electrons. The Morgan fingerprint density at radius 2 is 1.37 bits per heavy atom. The topological polar surface area (TPSA) is 50.9 Å². The van der Waals surface area contributed by atoms with E-state index >= 15 is 0 Å². The first kappa shape index (κ1) is 27.4. The second-order valence-electron chi connectivity index (χ2n) is 12.3. The molecule has 10 aromatic rings. The Bertz CT molecular complexity index is 3090. The fraction of sp³-hybridized carbons (Fsp3) is 0. The third kappa shape index (κ3) is 4.06.